The molecule has 4 atom stereocenters. The van der Waals surface area contributed by atoms with Gasteiger partial charge in [0.15, 0.2) is 11.5 Å². The molecule has 1 aromatic rings. The Bertz CT molecular complexity index is 821. The Labute approximate surface area is 150 Å². The maximum Gasteiger partial charge on any atom is 0.218 e. The van der Waals surface area contributed by atoms with Crippen molar-refractivity contribution < 1.29 is 18.5 Å². The van der Waals surface area contributed by atoms with E-state index in [9.17, 15) is 13.8 Å². The SMILES string of the molecule is COC1=CC(=O)[C@]2(C)CC=C[C@H](C)[C@]2([S@@](=O)c2ccc(C)cc2)C1=O. The topological polar surface area (TPSA) is 60.4 Å². The molecule has 1 aromatic carbocycles. The van der Waals surface area contributed by atoms with Crippen LogP contribution in [0.2, 0.25) is 0 Å². The lowest BCUT2D eigenvalue weighted by molar-refractivity contribution is -0.137. The van der Waals surface area contributed by atoms with Gasteiger partial charge in [-0.1, -0.05) is 43.7 Å². The molecule has 0 N–H and O–H groups in total. The molecular formula is C20H22O4S. The fourth-order valence-electron chi connectivity index (χ4n) is 4.02. The summed E-state index contributed by atoms with van der Waals surface area (Å²) in [5.74, 6) is -0.928. The second-order valence-electron chi connectivity index (χ2n) is 6.98. The van der Waals surface area contributed by atoms with E-state index in [4.69, 9.17) is 4.74 Å². The van der Waals surface area contributed by atoms with Gasteiger partial charge in [0.25, 0.3) is 0 Å². The zero-order valence-electron chi connectivity index (χ0n) is 14.9. The fraction of sp³-hybridized carbons (Fsp3) is 0.400. The molecule has 132 valence electrons. The molecule has 0 radical (unpaired) electrons. The van der Waals surface area contributed by atoms with E-state index in [1.807, 2.05) is 38.1 Å². The van der Waals surface area contributed by atoms with Crippen molar-refractivity contribution in [3.63, 3.8) is 0 Å². The predicted octanol–water partition coefficient (Wildman–Crippen LogP) is 3.13. The van der Waals surface area contributed by atoms with Gasteiger partial charge in [0.2, 0.25) is 5.78 Å². The van der Waals surface area contributed by atoms with Crippen molar-refractivity contribution in [2.24, 2.45) is 11.3 Å². The highest BCUT2D eigenvalue weighted by atomic mass is 32.2. The molecule has 0 spiro atoms. The molecular weight excluding hydrogens is 336 g/mol. The molecule has 0 heterocycles. The van der Waals surface area contributed by atoms with Crippen molar-refractivity contribution in [1.82, 2.24) is 0 Å². The molecule has 3 rings (SSSR count). The molecule has 4 nitrogen and oxygen atoms in total. The monoisotopic (exact) mass is 358 g/mol. The minimum absolute atomic E-state index is 0.00918. The van der Waals surface area contributed by atoms with Crippen LogP contribution in [0.3, 0.4) is 0 Å². The number of benzene rings is 1. The van der Waals surface area contributed by atoms with E-state index >= 15 is 0 Å². The van der Waals surface area contributed by atoms with Crippen LogP contribution in [0.1, 0.15) is 25.8 Å². The van der Waals surface area contributed by atoms with E-state index in [2.05, 4.69) is 0 Å². The first-order valence-electron chi connectivity index (χ1n) is 8.29. The van der Waals surface area contributed by atoms with E-state index in [1.54, 1.807) is 19.1 Å². The normalized spacial score (nSPS) is 32.8. The Morgan fingerprint density at radius 1 is 1.20 bits per heavy atom. The number of methoxy groups -OCH3 is 1. The molecule has 2 aliphatic rings. The third-order valence-electron chi connectivity index (χ3n) is 5.53. The second-order valence-corrected chi connectivity index (χ2v) is 8.63. The number of aryl methyl sites for hydroxylation is 1. The van der Waals surface area contributed by atoms with Gasteiger partial charge in [-0.25, -0.2) is 0 Å². The van der Waals surface area contributed by atoms with Crippen LogP contribution in [0.5, 0.6) is 0 Å². The molecule has 0 fully saturated rings. The first-order valence-corrected chi connectivity index (χ1v) is 9.44. The maximum absolute atomic E-state index is 13.7. The third-order valence-corrected chi connectivity index (χ3v) is 7.82. The molecule has 0 amide bonds. The third kappa shape index (κ3) is 2.29. The maximum atomic E-state index is 13.7. The Hall–Kier alpha value is -2.01. The number of rotatable bonds is 3. The Morgan fingerprint density at radius 3 is 2.44 bits per heavy atom. The van der Waals surface area contributed by atoms with E-state index in [0.717, 1.165) is 5.56 Å². The van der Waals surface area contributed by atoms with Crippen LogP contribution < -0.4 is 0 Å². The largest absolute Gasteiger partial charge is 0.493 e. The summed E-state index contributed by atoms with van der Waals surface area (Å²) in [4.78, 5) is 26.9. The van der Waals surface area contributed by atoms with Gasteiger partial charge < -0.3 is 4.74 Å². The number of carbonyl (C=O) groups is 2. The van der Waals surface area contributed by atoms with Crippen LogP contribution in [0.4, 0.5) is 0 Å². The molecule has 25 heavy (non-hydrogen) atoms. The van der Waals surface area contributed by atoms with Gasteiger partial charge in [-0.2, -0.15) is 0 Å². The smallest absolute Gasteiger partial charge is 0.218 e. The Balaban J connectivity index is 2.28. The highest BCUT2D eigenvalue weighted by Crippen LogP contribution is 2.54. The summed E-state index contributed by atoms with van der Waals surface area (Å²) in [5, 5.41) is 0. The van der Waals surface area contributed by atoms with Crippen molar-refractivity contribution in [3.05, 3.63) is 53.8 Å². The molecule has 5 heteroatoms. The predicted molar refractivity (Wildman–Crippen MR) is 96.5 cm³/mol. The number of allylic oxidation sites excluding steroid dienone is 4. The first kappa shape index (κ1) is 17.8. The van der Waals surface area contributed by atoms with Gasteiger partial charge in [-0.05, 0) is 25.5 Å². The van der Waals surface area contributed by atoms with Gasteiger partial charge in [-0.15, -0.1) is 0 Å². The molecule has 0 aliphatic heterocycles. The van der Waals surface area contributed by atoms with Crippen LogP contribution in [0.25, 0.3) is 0 Å². The zero-order valence-corrected chi connectivity index (χ0v) is 15.7. The van der Waals surface area contributed by atoms with Gasteiger partial charge in [-0.3, -0.25) is 13.8 Å². The molecule has 2 aliphatic carbocycles. The van der Waals surface area contributed by atoms with E-state index < -0.39 is 21.0 Å². The summed E-state index contributed by atoms with van der Waals surface area (Å²) in [6, 6.07) is 7.28. The zero-order chi connectivity index (χ0) is 18.4. The van der Waals surface area contributed by atoms with Crippen molar-refractivity contribution in [2.45, 2.75) is 36.8 Å². The molecule has 0 saturated carbocycles. The molecule has 0 unspecified atom stereocenters. The van der Waals surface area contributed by atoms with E-state index in [-0.39, 0.29) is 23.2 Å². The summed E-state index contributed by atoms with van der Waals surface area (Å²) >= 11 is 0. The van der Waals surface area contributed by atoms with E-state index in [1.165, 1.54) is 13.2 Å². The number of hydrogen-bond acceptors (Lipinski definition) is 4. The summed E-state index contributed by atoms with van der Waals surface area (Å²) < 4.78 is 17.5. The highest BCUT2D eigenvalue weighted by molar-refractivity contribution is 7.87. The molecule has 0 saturated heterocycles. The average Bonchev–Trinajstić information content (AvgIpc) is 2.58. The Kier molecular flexibility index (Phi) is 4.31. The Morgan fingerprint density at radius 2 is 1.84 bits per heavy atom. The average molecular weight is 358 g/mol. The summed E-state index contributed by atoms with van der Waals surface area (Å²) in [7, 11) is -0.334. The van der Waals surface area contributed by atoms with Crippen molar-refractivity contribution in [2.75, 3.05) is 7.11 Å². The summed E-state index contributed by atoms with van der Waals surface area (Å²) in [6.07, 6.45) is 5.44. The standard InChI is InChI=1S/C20H22O4S/c1-13-7-9-15(10-8-13)25(23)20-14(2)6-5-11-19(20,3)17(21)12-16(24-4)18(20)22/h5-10,12,14H,11H2,1-4H3/t14-,19-,20-,25-/m0/s1. The lowest BCUT2D eigenvalue weighted by Gasteiger charge is -2.51. The van der Waals surface area contributed by atoms with Gasteiger partial charge in [0, 0.05) is 16.9 Å². The van der Waals surface area contributed by atoms with Crippen LogP contribution in [0, 0.1) is 18.3 Å². The van der Waals surface area contributed by atoms with Gasteiger partial charge >= 0.3 is 0 Å². The quantitative estimate of drug-likeness (QED) is 0.779. The molecule has 0 bridgehead atoms. The van der Waals surface area contributed by atoms with Gasteiger partial charge in [0.05, 0.1) is 23.3 Å². The summed E-state index contributed by atoms with van der Waals surface area (Å²) in [5.41, 5.74) is -0.0168. The van der Waals surface area contributed by atoms with E-state index in [0.29, 0.717) is 11.3 Å². The lowest BCUT2D eigenvalue weighted by atomic mass is 9.58. The minimum Gasteiger partial charge on any atom is -0.493 e. The number of ketones is 2. The van der Waals surface area contributed by atoms with Crippen molar-refractivity contribution in [3.8, 4) is 0 Å². The van der Waals surface area contributed by atoms with Gasteiger partial charge in [0.1, 0.15) is 4.75 Å². The van der Waals surface area contributed by atoms with Crippen molar-refractivity contribution >= 4 is 22.4 Å². The van der Waals surface area contributed by atoms with Crippen LogP contribution >= 0.6 is 0 Å². The lowest BCUT2D eigenvalue weighted by Crippen LogP contribution is -2.65. The second kappa shape index (κ2) is 6.06. The number of carbonyl (C=O) groups excluding carboxylic acids is 2. The number of hydrogen-bond donors (Lipinski definition) is 0. The fourth-order valence-corrected chi connectivity index (χ4v) is 6.06. The molecule has 0 aromatic heterocycles. The summed E-state index contributed by atoms with van der Waals surface area (Å²) in [6.45, 7) is 5.55. The van der Waals surface area contributed by atoms with Crippen molar-refractivity contribution in [1.29, 1.82) is 0 Å². The van der Waals surface area contributed by atoms with Crippen LogP contribution in [-0.2, 0) is 25.1 Å². The first-order chi connectivity index (χ1) is 11.8. The van der Waals surface area contributed by atoms with Crippen LogP contribution in [-0.4, -0.2) is 27.6 Å². The number of Topliss-reactive ketones (excluding diaryl/α,β-unsaturated/α-hetero) is 1. The van der Waals surface area contributed by atoms with Crippen LogP contribution in [0.15, 0.2) is 53.1 Å². The minimum atomic E-state index is -1.70. The highest BCUT2D eigenvalue weighted by Gasteiger charge is 2.67. The number of ether oxygens (including phenoxy) is 1. The number of fused-ring (bicyclic) bond motifs is 1.